The third-order valence-corrected chi connectivity index (χ3v) is 3.30. The number of benzene rings is 2. The Morgan fingerprint density at radius 1 is 1.15 bits per heavy atom. The molecule has 0 aliphatic carbocycles. The second-order valence-corrected chi connectivity index (χ2v) is 4.99. The van der Waals surface area contributed by atoms with E-state index >= 15 is 0 Å². The number of rotatable bonds is 5. The van der Waals surface area contributed by atoms with Gasteiger partial charge in [-0.15, -0.1) is 0 Å². The second-order valence-electron chi connectivity index (χ2n) is 4.14. The minimum atomic E-state index is 0.275. The fraction of sp³-hybridized carbons (Fsp3) is 0.133. The summed E-state index contributed by atoms with van der Waals surface area (Å²) in [5.74, 6) is 1.49. The van der Waals surface area contributed by atoms with Crippen molar-refractivity contribution in [3.05, 3.63) is 58.6 Å². The lowest BCUT2D eigenvalue weighted by Gasteiger charge is -2.09. The summed E-state index contributed by atoms with van der Waals surface area (Å²) in [6.07, 6.45) is 0. The van der Waals surface area contributed by atoms with Crippen molar-refractivity contribution >= 4 is 28.8 Å². The highest BCUT2D eigenvalue weighted by atomic mass is 35.5. The van der Waals surface area contributed by atoms with Gasteiger partial charge in [0.25, 0.3) is 0 Å². The van der Waals surface area contributed by atoms with Gasteiger partial charge in [-0.3, -0.25) is 0 Å². The first-order valence-electron chi connectivity index (χ1n) is 5.95. The van der Waals surface area contributed by atoms with Crippen LogP contribution in [0.15, 0.2) is 42.5 Å². The number of halogens is 1. The van der Waals surface area contributed by atoms with Gasteiger partial charge in [0.1, 0.15) is 23.1 Å². The zero-order valence-corrected chi connectivity index (χ0v) is 12.5. The number of hydrogen-bond acceptors (Lipinski definition) is 3. The van der Waals surface area contributed by atoms with E-state index in [0.29, 0.717) is 22.9 Å². The average Bonchev–Trinajstić information content (AvgIpc) is 2.45. The van der Waals surface area contributed by atoms with Crippen LogP contribution < -0.4 is 15.2 Å². The molecule has 2 aromatic rings. The van der Waals surface area contributed by atoms with Gasteiger partial charge in [-0.1, -0.05) is 36.0 Å². The van der Waals surface area contributed by atoms with Gasteiger partial charge in [-0.25, -0.2) is 0 Å². The molecule has 0 saturated heterocycles. The number of ether oxygens (including phenoxy) is 2. The standard InChI is InChI=1S/C15H14ClNO2S/c1-18-11-4-2-10(3-5-11)9-19-12-6-7-13(15(17)20)14(16)8-12/h2-8H,9H2,1H3,(H2,17,20). The topological polar surface area (TPSA) is 44.5 Å². The summed E-state index contributed by atoms with van der Waals surface area (Å²) in [5, 5.41) is 0.490. The van der Waals surface area contributed by atoms with Crippen LogP contribution in [0.1, 0.15) is 11.1 Å². The molecule has 2 N–H and O–H groups in total. The van der Waals surface area contributed by atoms with E-state index in [1.807, 2.05) is 24.3 Å². The predicted octanol–water partition coefficient (Wildman–Crippen LogP) is 3.56. The van der Waals surface area contributed by atoms with E-state index in [-0.39, 0.29) is 4.99 Å². The Bertz CT molecular complexity index is 614. The lowest BCUT2D eigenvalue weighted by molar-refractivity contribution is 0.306. The van der Waals surface area contributed by atoms with E-state index in [4.69, 9.17) is 39.0 Å². The van der Waals surface area contributed by atoms with Crippen LogP contribution in [-0.4, -0.2) is 12.1 Å². The molecule has 0 atom stereocenters. The van der Waals surface area contributed by atoms with Crippen molar-refractivity contribution in [2.45, 2.75) is 6.61 Å². The van der Waals surface area contributed by atoms with Crippen molar-refractivity contribution in [3.8, 4) is 11.5 Å². The molecule has 0 amide bonds. The van der Waals surface area contributed by atoms with Gasteiger partial charge < -0.3 is 15.2 Å². The smallest absolute Gasteiger partial charge is 0.121 e. The molecule has 0 spiro atoms. The fourth-order valence-corrected chi connectivity index (χ4v) is 2.18. The number of methoxy groups -OCH3 is 1. The molecule has 2 rings (SSSR count). The summed E-state index contributed by atoms with van der Waals surface area (Å²) in [7, 11) is 1.64. The molecule has 104 valence electrons. The van der Waals surface area contributed by atoms with E-state index in [1.165, 1.54) is 0 Å². The maximum atomic E-state index is 6.08. The maximum absolute atomic E-state index is 6.08. The number of hydrogen-bond donors (Lipinski definition) is 1. The van der Waals surface area contributed by atoms with Crippen LogP contribution in [0.2, 0.25) is 5.02 Å². The van der Waals surface area contributed by atoms with E-state index in [1.54, 1.807) is 25.3 Å². The van der Waals surface area contributed by atoms with E-state index in [2.05, 4.69) is 0 Å². The molecule has 20 heavy (non-hydrogen) atoms. The SMILES string of the molecule is COc1ccc(COc2ccc(C(N)=S)c(Cl)c2)cc1. The third-order valence-electron chi connectivity index (χ3n) is 2.77. The molecule has 3 nitrogen and oxygen atoms in total. The normalized spacial score (nSPS) is 10.1. The Labute approximate surface area is 128 Å². The molecule has 2 aromatic carbocycles. The predicted molar refractivity (Wildman–Crippen MR) is 84.7 cm³/mol. The highest BCUT2D eigenvalue weighted by Gasteiger charge is 2.05. The fourth-order valence-electron chi connectivity index (χ4n) is 1.67. The molecule has 0 aliphatic rings. The van der Waals surface area contributed by atoms with Crippen LogP contribution in [0.3, 0.4) is 0 Å². The quantitative estimate of drug-likeness (QED) is 0.858. The monoisotopic (exact) mass is 307 g/mol. The Morgan fingerprint density at radius 2 is 1.80 bits per heavy atom. The summed E-state index contributed by atoms with van der Waals surface area (Å²) in [5.41, 5.74) is 7.24. The summed E-state index contributed by atoms with van der Waals surface area (Å²) in [4.78, 5) is 0.275. The molecule has 0 radical (unpaired) electrons. The first-order valence-corrected chi connectivity index (χ1v) is 6.74. The van der Waals surface area contributed by atoms with E-state index < -0.39 is 0 Å². The molecule has 0 heterocycles. The Kier molecular flexibility index (Phi) is 4.82. The second kappa shape index (κ2) is 6.59. The van der Waals surface area contributed by atoms with Crippen molar-refractivity contribution in [2.24, 2.45) is 5.73 Å². The summed E-state index contributed by atoms with van der Waals surface area (Å²) < 4.78 is 10.8. The van der Waals surface area contributed by atoms with Crippen LogP contribution in [0.5, 0.6) is 11.5 Å². The molecule has 0 aromatic heterocycles. The lowest BCUT2D eigenvalue weighted by Crippen LogP contribution is -2.09. The molecular weight excluding hydrogens is 294 g/mol. The molecule has 0 bridgehead atoms. The van der Waals surface area contributed by atoms with Crippen molar-refractivity contribution in [1.82, 2.24) is 0 Å². The summed E-state index contributed by atoms with van der Waals surface area (Å²) in [6.45, 7) is 0.451. The van der Waals surface area contributed by atoms with Crippen LogP contribution in [-0.2, 0) is 6.61 Å². The number of nitrogens with two attached hydrogens (primary N) is 1. The van der Waals surface area contributed by atoms with Crippen LogP contribution >= 0.6 is 23.8 Å². The molecule has 0 aliphatic heterocycles. The van der Waals surface area contributed by atoms with Gasteiger partial charge in [0.05, 0.1) is 12.1 Å². The molecule has 0 saturated carbocycles. The summed E-state index contributed by atoms with van der Waals surface area (Å²) in [6, 6.07) is 12.9. The van der Waals surface area contributed by atoms with E-state index in [0.717, 1.165) is 11.3 Å². The zero-order valence-electron chi connectivity index (χ0n) is 10.9. The van der Waals surface area contributed by atoms with Gasteiger partial charge in [0.15, 0.2) is 0 Å². The summed E-state index contributed by atoms with van der Waals surface area (Å²) >= 11 is 11.0. The number of thiocarbonyl (C=S) groups is 1. The Morgan fingerprint density at radius 3 is 2.35 bits per heavy atom. The van der Waals surface area contributed by atoms with Crippen molar-refractivity contribution < 1.29 is 9.47 Å². The maximum Gasteiger partial charge on any atom is 0.121 e. The molecular formula is C15H14ClNO2S. The first kappa shape index (κ1) is 14.6. The molecule has 0 fully saturated rings. The van der Waals surface area contributed by atoms with Gasteiger partial charge in [-0.2, -0.15) is 0 Å². The lowest BCUT2D eigenvalue weighted by atomic mass is 10.2. The average molecular weight is 308 g/mol. The largest absolute Gasteiger partial charge is 0.497 e. The van der Waals surface area contributed by atoms with Gasteiger partial charge >= 0.3 is 0 Å². The van der Waals surface area contributed by atoms with E-state index in [9.17, 15) is 0 Å². The Balaban J connectivity index is 2.03. The zero-order chi connectivity index (χ0) is 14.5. The van der Waals surface area contributed by atoms with Gasteiger partial charge in [0, 0.05) is 5.56 Å². The van der Waals surface area contributed by atoms with Gasteiger partial charge in [-0.05, 0) is 35.9 Å². The highest BCUT2D eigenvalue weighted by molar-refractivity contribution is 7.80. The van der Waals surface area contributed by atoms with Crippen LogP contribution in [0.4, 0.5) is 0 Å². The minimum absolute atomic E-state index is 0.275. The van der Waals surface area contributed by atoms with Crippen LogP contribution in [0, 0.1) is 0 Å². The van der Waals surface area contributed by atoms with Crippen LogP contribution in [0.25, 0.3) is 0 Å². The first-order chi connectivity index (χ1) is 9.60. The third kappa shape index (κ3) is 3.62. The Hall–Kier alpha value is -1.78. The highest BCUT2D eigenvalue weighted by Crippen LogP contribution is 2.23. The van der Waals surface area contributed by atoms with Crippen molar-refractivity contribution in [3.63, 3.8) is 0 Å². The van der Waals surface area contributed by atoms with Crippen molar-refractivity contribution in [2.75, 3.05) is 7.11 Å². The van der Waals surface area contributed by atoms with Gasteiger partial charge in [0.2, 0.25) is 0 Å². The van der Waals surface area contributed by atoms with Crippen molar-refractivity contribution in [1.29, 1.82) is 0 Å². The minimum Gasteiger partial charge on any atom is -0.497 e. The molecule has 0 unspecified atom stereocenters. The molecule has 5 heteroatoms.